The van der Waals surface area contributed by atoms with Crippen molar-refractivity contribution in [1.82, 2.24) is 0 Å². The van der Waals surface area contributed by atoms with Crippen LogP contribution in [0.25, 0.3) is 0 Å². The smallest absolute Gasteiger partial charge is 0.335 e. The number of carboxylic acid groups (broad SMARTS) is 1. The first-order valence-electron chi connectivity index (χ1n) is 11.2. The molecule has 1 aliphatic rings. The molecular weight excluding hydrogens is 407 g/mol. The summed E-state index contributed by atoms with van der Waals surface area (Å²) in [5.41, 5.74) is 2.58. The molecule has 1 N–H and O–H groups in total. The molecule has 2 aromatic carbocycles. The molecule has 0 bridgehead atoms. The summed E-state index contributed by atoms with van der Waals surface area (Å²) < 4.78 is 20.5. The van der Waals surface area contributed by atoms with E-state index in [9.17, 15) is 9.18 Å². The van der Waals surface area contributed by atoms with E-state index in [0.717, 1.165) is 31.2 Å². The summed E-state index contributed by atoms with van der Waals surface area (Å²) in [5, 5.41) is 9.20. The molecule has 1 saturated carbocycles. The third-order valence-corrected chi connectivity index (χ3v) is 11.6. The topological polar surface area (TPSA) is 46.5 Å². The van der Waals surface area contributed by atoms with Crippen LogP contribution in [-0.2, 0) is 10.8 Å². The normalized spacial score (nSPS) is 20.6. The molecule has 0 spiro atoms. The quantitative estimate of drug-likeness (QED) is 0.460. The maximum atomic E-state index is 13.6. The van der Waals surface area contributed by atoms with Gasteiger partial charge < -0.3 is 9.53 Å². The van der Waals surface area contributed by atoms with Crippen LogP contribution >= 0.6 is 0 Å². The van der Waals surface area contributed by atoms with Crippen LogP contribution in [-0.4, -0.2) is 19.4 Å². The van der Waals surface area contributed by atoms with Crippen LogP contribution < -0.4 is 0 Å². The summed E-state index contributed by atoms with van der Waals surface area (Å²) in [6.07, 6.45) is 4.23. The van der Waals surface area contributed by atoms with Gasteiger partial charge >= 0.3 is 5.97 Å². The molecule has 5 heteroatoms. The van der Waals surface area contributed by atoms with E-state index in [2.05, 4.69) is 33.9 Å². The molecule has 3 atom stereocenters. The Balaban J connectivity index is 1.75. The summed E-state index contributed by atoms with van der Waals surface area (Å²) in [4.78, 5) is 11.1. The molecule has 0 unspecified atom stereocenters. The Morgan fingerprint density at radius 2 is 1.71 bits per heavy atom. The highest BCUT2D eigenvalue weighted by molar-refractivity contribution is 6.74. The van der Waals surface area contributed by atoms with Gasteiger partial charge in [-0.1, -0.05) is 45.0 Å². The first kappa shape index (κ1) is 23.7. The lowest BCUT2D eigenvalue weighted by molar-refractivity contribution is 0.0697. The standard InChI is InChI=1S/C26H35FO3Si/c1-26(2,3)31(4,5)30-24(20-12-14-23(27)15-13-20)22-11-8-19(17-22)16-18-6-9-21(10-7-18)25(28)29/h6-7,9-10,12-15,19,22,24H,8,11,16-17H2,1-5H3,(H,28,29)/t19-,22-,24+/m0/s1. The van der Waals surface area contributed by atoms with E-state index in [1.165, 1.54) is 17.7 Å². The zero-order valence-electron chi connectivity index (χ0n) is 19.3. The van der Waals surface area contributed by atoms with Crippen molar-refractivity contribution in [2.75, 3.05) is 0 Å². The number of aromatic carboxylic acids is 1. The number of carboxylic acids is 1. The van der Waals surface area contributed by atoms with E-state index < -0.39 is 14.3 Å². The van der Waals surface area contributed by atoms with Gasteiger partial charge in [0.15, 0.2) is 8.32 Å². The molecule has 0 radical (unpaired) electrons. The molecule has 3 nitrogen and oxygen atoms in total. The summed E-state index contributed by atoms with van der Waals surface area (Å²) in [5.74, 6) is -0.157. The van der Waals surface area contributed by atoms with Crippen molar-refractivity contribution in [3.63, 3.8) is 0 Å². The first-order valence-corrected chi connectivity index (χ1v) is 14.1. The van der Waals surface area contributed by atoms with Gasteiger partial charge in [0.05, 0.1) is 11.7 Å². The lowest BCUT2D eigenvalue weighted by atomic mass is 9.91. The van der Waals surface area contributed by atoms with Crippen LogP contribution in [0, 0.1) is 17.7 Å². The Labute approximate surface area is 186 Å². The van der Waals surface area contributed by atoms with Crippen LogP contribution in [0.3, 0.4) is 0 Å². The van der Waals surface area contributed by atoms with Gasteiger partial charge in [-0.25, -0.2) is 9.18 Å². The van der Waals surface area contributed by atoms with Crippen molar-refractivity contribution in [3.8, 4) is 0 Å². The SMILES string of the molecule is CC(C)(C)[Si](C)(C)O[C@H](c1ccc(F)cc1)[C@H]1CC[C@@H](Cc2ccc(C(=O)O)cc2)C1. The van der Waals surface area contributed by atoms with E-state index in [0.29, 0.717) is 17.4 Å². The lowest BCUT2D eigenvalue weighted by Gasteiger charge is -2.41. The summed E-state index contributed by atoms with van der Waals surface area (Å²) in [6.45, 7) is 11.3. The molecule has 0 aliphatic heterocycles. The first-order chi connectivity index (χ1) is 14.5. The third kappa shape index (κ3) is 5.83. The van der Waals surface area contributed by atoms with E-state index in [1.54, 1.807) is 12.1 Å². The molecule has 31 heavy (non-hydrogen) atoms. The van der Waals surface area contributed by atoms with Gasteiger partial charge in [0.1, 0.15) is 5.82 Å². The molecule has 0 saturated heterocycles. The fourth-order valence-electron chi connectivity index (χ4n) is 4.27. The second-order valence-corrected chi connectivity index (χ2v) is 15.3. The van der Waals surface area contributed by atoms with E-state index in [4.69, 9.17) is 9.53 Å². The minimum absolute atomic E-state index is 0.0131. The van der Waals surface area contributed by atoms with E-state index in [1.807, 2.05) is 24.3 Å². The molecule has 1 fully saturated rings. The minimum Gasteiger partial charge on any atom is -0.478 e. The maximum absolute atomic E-state index is 13.6. The predicted molar refractivity (Wildman–Crippen MR) is 125 cm³/mol. The molecule has 168 valence electrons. The van der Waals surface area contributed by atoms with Gasteiger partial charge in [0.2, 0.25) is 0 Å². The van der Waals surface area contributed by atoms with Crippen LogP contribution in [0.5, 0.6) is 0 Å². The van der Waals surface area contributed by atoms with E-state index in [-0.39, 0.29) is 17.0 Å². The van der Waals surface area contributed by atoms with Gasteiger partial charge in [-0.3, -0.25) is 0 Å². The van der Waals surface area contributed by atoms with Gasteiger partial charge in [0, 0.05) is 0 Å². The van der Waals surface area contributed by atoms with E-state index >= 15 is 0 Å². The number of rotatable bonds is 7. The fraction of sp³-hybridized carbons (Fsp3) is 0.500. The zero-order chi connectivity index (χ0) is 22.8. The van der Waals surface area contributed by atoms with Gasteiger partial charge in [-0.2, -0.15) is 0 Å². The molecule has 1 aliphatic carbocycles. The average molecular weight is 443 g/mol. The molecule has 2 aromatic rings. The van der Waals surface area contributed by atoms with Gasteiger partial charge in [-0.15, -0.1) is 0 Å². The largest absolute Gasteiger partial charge is 0.478 e. The second-order valence-electron chi connectivity index (χ2n) is 10.5. The molecule has 3 rings (SSSR count). The fourth-order valence-corrected chi connectivity index (χ4v) is 5.59. The Morgan fingerprint density at radius 1 is 1.10 bits per heavy atom. The molecule has 0 amide bonds. The van der Waals surface area contributed by atoms with Crippen LogP contribution in [0.1, 0.15) is 67.6 Å². The molecule has 0 heterocycles. The van der Waals surface area contributed by atoms with Crippen LogP contribution in [0.15, 0.2) is 48.5 Å². The van der Waals surface area contributed by atoms with Crippen molar-refractivity contribution < 1.29 is 18.7 Å². The summed E-state index contributed by atoms with van der Waals surface area (Å²) in [7, 11) is -1.99. The Bertz CT molecular complexity index is 884. The monoisotopic (exact) mass is 442 g/mol. The maximum Gasteiger partial charge on any atom is 0.335 e. The third-order valence-electron chi connectivity index (χ3n) is 7.16. The highest BCUT2D eigenvalue weighted by atomic mass is 28.4. The predicted octanol–water partition coefficient (Wildman–Crippen LogP) is 7.25. The number of carbonyl (C=O) groups is 1. The van der Waals surface area contributed by atoms with Crippen molar-refractivity contribution in [2.24, 2.45) is 11.8 Å². The summed E-state index contributed by atoms with van der Waals surface area (Å²) in [6, 6.07) is 14.1. The number of hydrogen-bond acceptors (Lipinski definition) is 2. The van der Waals surface area contributed by atoms with Crippen molar-refractivity contribution in [2.45, 2.75) is 70.7 Å². The van der Waals surface area contributed by atoms with Crippen molar-refractivity contribution >= 4 is 14.3 Å². The Kier molecular flexibility index (Phi) is 7.07. The number of benzene rings is 2. The zero-order valence-corrected chi connectivity index (χ0v) is 20.3. The highest BCUT2D eigenvalue weighted by Gasteiger charge is 2.42. The minimum atomic E-state index is -1.99. The highest BCUT2D eigenvalue weighted by Crippen LogP contribution is 2.47. The Hall–Kier alpha value is -1.98. The Morgan fingerprint density at radius 3 is 2.26 bits per heavy atom. The lowest BCUT2D eigenvalue weighted by Crippen LogP contribution is -2.43. The van der Waals surface area contributed by atoms with Crippen LogP contribution in [0.4, 0.5) is 4.39 Å². The number of hydrogen-bond donors (Lipinski definition) is 1. The van der Waals surface area contributed by atoms with Gasteiger partial charge in [-0.05, 0) is 91.0 Å². The van der Waals surface area contributed by atoms with Crippen molar-refractivity contribution in [3.05, 3.63) is 71.0 Å². The summed E-state index contributed by atoms with van der Waals surface area (Å²) >= 11 is 0. The molecular formula is C26H35FO3Si. The average Bonchev–Trinajstić information content (AvgIpc) is 3.14. The van der Waals surface area contributed by atoms with Gasteiger partial charge in [0.25, 0.3) is 0 Å². The number of halogens is 1. The van der Waals surface area contributed by atoms with Crippen LogP contribution in [0.2, 0.25) is 18.1 Å². The molecule has 0 aromatic heterocycles. The van der Waals surface area contributed by atoms with Crippen molar-refractivity contribution in [1.29, 1.82) is 0 Å². The second kappa shape index (κ2) is 9.25.